The quantitative estimate of drug-likeness (QED) is 0.182. The molecular formula is C33H30F5N7O3S. The van der Waals surface area contributed by atoms with Crippen molar-refractivity contribution in [3.05, 3.63) is 47.9 Å². The van der Waals surface area contributed by atoms with E-state index in [0.717, 1.165) is 36.0 Å². The molecule has 1 amide bonds. The second kappa shape index (κ2) is 12.1. The Bertz CT molecular complexity index is 2050. The lowest BCUT2D eigenvalue weighted by Crippen LogP contribution is -2.43. The first-order chi connectivity index (χ1) is 23.3. The number of carbonyl (C=O) groups excluding carboxylic acids is 1. The lowest BCUT2D eigenvalue weighted by Gasteiger charge is -2.30. The van der Waals surface area contributed by atoms with Gasteiger partial charge in [-0.3, -0.25) is 9.69 Å². The largest absolute Gasteiger partial charge is 0.471 e. The number of thiophene rings is 1. The van der Waals surface area contributed by atoms with E-state index in [1.54, 1.807) is 0 Å². The average Bonchev–Trinajstić information content (AvgIpc) is 3.79. The molecule has 0 saturated carbocycles. The molecule has 1 aromatic carbocycles. The van der Waals surface area contributed by atoms with Crippen molar-refractivity contribution >= 4 is 43.4 Å². The molecule has 0 spiro atoms. The Morgan fingerprint density at radius 3 is 2.80 bits per heavy atom. The van der Waals surface area contributed by atoms with Crippen LogP contribution in [-0.4, -0.2) is 80.8 Å². The lowest BCUT2D eigenvalue weighted by atomic mass is 9.95. The highest BCUT2D eigenvalue weighted by molar-refractivity contribution is 7.23. The zero-order valence-corrected chi connectivity index (χ0v) is 27.0. The molecule has 3 aliphatic rings. The van der Waals surface area contributed by atoms with Gasteiger partial charge in [-0.2, -0.15) is 28.4 Å². The monoisotopic (exact) mass is 699 g/mol. The summed E-state index contributed by atoms with van der Waals surface area (Å²) in [5.74, 6) is -1.36. The maximum Gasteiger partial charge on any atom is 0.433 e. The predicted octanol–water partition coefficient (Wildman–Crippen LogP) is 6.03. The number of benzene rings is 1. The molecule has 4 atom stereocenters. The molecule has 10 nitrogen and oxygen atoms in total. The van der Waals surface area contributed by atoms with Crippen LogP contribution in [0.5, 0.6) is 11.9 Å². The lowest BCUT2D eigenvalue weighted by molar-refractivity contribution is -0.140. The fourth-order valence-corrected chi connectivity index (χ4v) is 8.35. The van der Waals surface area contributed by atoms with Crippen molar-refractivity contribution in [1.29, 1.82) is 5.26 Å². The summed E-state index contributed by atoms with van der Waals surface area (Å²) in [6.45, 7) is 6.50. The number of likely N-dealkylation sites (tertiary alicyclic amines) is 1. The van der Waals surface area contributed by atoms with Crippen LogP contribution in [0.1, 0.15) is 43.9 Å². The third-order valence-corrected chi connectivity index (χ3v) is 10.6. The van der Waals surface area contributed by atoms with E-state index in [2.05, 4.69) is 21.5 Å². The van der Waals surface area contributed by atoms with Gasteiger partial charge in [0.15, 0.2) is 11.2 Å². The number of aromatic nitrogens is 3. The van der Waals surface area contributed by atoms with E-state index >= 15 is 0 Å². The van der Waals surface area contributed by atoms with E-state index in [1.165, 1.54) is 11.0 Å². The molecule has 3 fully saturated rings. The number of nitrogen functional groups attached to an aromatic ring is 1. The minimum atomic E-state index is -5.02. The van der Waals surface area contributed by atoms with Crippen LogP contribution in [-0.2, 0) is 11.0 Å². The zero-order valence-electron chi connectivity index (χ0n) is 26.2. The third kappa shape index (κ3) is 5.68. The average molecular weight is 700 g/mol. The summed E-state index contributed by atoms with van der Waals surface area (Å²) >= 11 is 0.756. The summed E-state index contributed by atoms with van der Waals surface area (Å²) < 4.78 is 85.9. The fourth-order valence-electron chi connectivity index (χ4n) is 7.40. The summed E-state index contributed by atoms with van der Waals surface area (Å²) in [5.41, 5.74) is 2.92. The Hall–Kier alpha value is -4.62. The Kier molecular flexibility index (Phi) is 8.10. The van der Waals surface area contributed by atoms with E-state index in [1.807, 2.05) is 17.9 Å². The predicted molar refractivity (Wildman–Crippen MR) is 171 cm³/mol. The SMILES string of the molecule is C=CC(=O)N1CC(Oc2nc(OCC34CCCN3CC(F)C4)nc3cc(-c4ccc(F)c5sc(N)c(C#N)c45)c(C(F)(F)F)nc23)CC1C. The van der Waals surface area contributed by atoms with Crippen molar-refractivity contribution in [2.24, 2.45) is 0 Å². The highest BCUT2D eigenvalue weighted by atomic mass is 32.1. The first-order valence-corrected chi connectivity index (χ1v) is 16.5. The number of carbonyl (C=O) groups is 1. The third-order valence-electron chi connectivity index (χ3n) is 9.61. The van der Waals surface area contributed by atoms with Crippen LogP contribution in [0.15, 0.2) is 30.9 Å². The molecule has 256 valence electrons. The summed E-state index contributed by atoms with van der Waals surface area (Å²) in [6, 6.07) is 4.70. The Morgan fingerprint density at radius 2 is 2.06 bits per heavy atom. The molecule has 4 unspecified atom stereocenters. The Morgan fingerprint density at radius 1 is 1.27 bits per heavy atom. The van der Waals surface area contributed by atoms with Gasteiger partial charge in [-0.1, -0.05) is 12.6 Å². The number of hydrogen-bond acceptors (Lipinski definition) is 10. The van der Waals surface area contributed by atoms with Gasteiger partial charge in [0.1, 0.15) is 41.3 Å². The first kappa shape index (κ1) is 32.9. The number of rotatable bonds is 7. The van der Waals surface area contributed by atoms with Gasteiger partial charge in [-0.15, -0.1) is 11.3 Å². The van der Waals surface area contributed by atoms with Gasteiger partial charge in [-0.05, 0) is 50.1 Å². The molecule has 49 heavy (non-hydrogen) atoms. The maximum atomic E-state index is 14.9. The van der Waals surface area contributed by atoms with Crippen molar-refractivity contribution in [3.8, 4) is 29.1 Å². The minimum Gasteiger partial charge on any atom is -0.471 e. The van der Waals surface area contributed by atoms with E-state index < -0.39 is 41.1 Å². The second-order valence-electron chi connectivity index (χ2n) is 12.7. The zero-order chi connectivity index (χ0) is 34.8. The van der Waals surface area contributed by atoms with Crippen molar-refractivity contribution in [3.63, 3.8) is 0 Å². The Labute approximate surface area is 280 Å². The van der Waals surface area contributed by atoms with Crippen LogP contribution >= 0.6 is 11.3 Å². The summed E-state index contributed by atoms with van der Waals surface area (Å²) in [6.07, 6.45) is -3.34. The smallest absolute Gasteiger partial charge is 0.433 e. The molecule has 2 N–H and O–H groups in total. The number of hydrogen-bond donors (Lipinski definition) is 1. The number of ether oxygens (including phenoxy) is 2. The molecule has 3 saturated heterocycles. The molecule has 3 aromatic heterocycles. The normalized spacial score (nSPS) is 24.0. The molecule has 0 radical (unpaired) electrons. The summed E-state index contributed by atoms with van der Waals surface area (Å²) in [5, 5.41) is 9.68. The van der Waals surface area contributed by atoms with Crippen molar-refractivity contribution in [2.45, 2.75) is 62.6 Å². The number of amides is 1. The van der Waals surface area contributed by atoms with Gasteiger partial charge < -0.3 is 20.1 Å². The van der Waals surface area contributed by atoms with Crippen LogP contribution in [0.4, 0.5) is 27.0 Å². The van der Waals surface area contributed by atoms with Crippen molar-refractivity contribution in [1.82, 2.24) is 24.8 Å². The molecule has 0 bridgehead atoms. The Balaban J connectivity index is 1.38. The standard InChI is InChI=1S/C33H30F5N7O3S/c1-3-24(46)45-14-18(9-16(45)2)48-30-26-23(41-31(43-30)47-15-32-7-4-8-44(32)13-17(34)11-32)10-20(28(42-26)33(36,37)38)19-5-6-22(35)27-25(19)21(12-39)29(40)49-27/h3,5-6,10,16-18H,1,4,7-9,11,13-15,40H2,2H3. The topological polar surface area (TPSA) is 130 Å². The van der Waals surface area contributed by atoms with Crippen LogP contribution in [0.25, 0.3) is 32.2 Å². The van der Waals surface area contributed by atoms with Crippen LogP contribution in [0.2, 0.25) is 0 Å². The number of pyridine rings is 1. The van der Waals surface area contributed by atoms with Gasteiger partial charge in [0, 0.05) is 36.4 Å². The van der Waals surface area contributed by atoms with Crippen LogP contribution < -0.4 is 15.2 Å². The van der Waals surface area contributed by atoms with E-state index in [0.29, 0.717) is 19.4 Å². The van der Waals surface area contributed by atoms with Gasteiger partial charge >= 0.3 is 12.2 Å². The fraction of sp³-hybridized carbons (Fsp3) is 0.424. The number of halogens is 5. The molecule has 7 rings (SSSR count). The van der Waals surface area contributed by atoms with E-state index in [-0.39, 0.29) is 87.2 Å². The number of nitrogens with two attached hydrogens (primary N) is 1. The van der Waals surface area contributed by atoms with Gasteiger partial charge in [0.25, 0.3) is 0 Å². The molecular weight excluding hydrogens is 669 g/mol. The highest BCUT2D eigenvalue weighted by Crippen LogP contribution is 2.46. The number of anilines is 1. The second-order valence-corrected chi connectivity index (χ2v) is 13.7. The van der Waals surface area contributed by atoms with Crippen LogP contribution in [0, 0.1) is 17.1 Å². The van der Waals surface area contributed by atoms with E-state index in [9.17, 15) is 32.0 Å². The van der Waals surface area contributed by atoms with Gasteiger partial charge in [-0.25, -0.2) is 13.8 Å². The molecule has 4 aromatic rings. The maximum absolute atomic E-state index is 14.9. The number of fused-ring (bicyclic) bond motifs is 3. The number of alkyl halides is 4. The van der Waals surface area contributed by atoms with Crippen LogP contribution in [0.3, 0.4) is 0 Å². The van der Waals surface area contributed by atoms with Gasteiger partial charge in [0.2, 0.25) is 11.8 Å². The molecule has 16 heteroatoms. The molecule has 0 aliphatic carbocycles. The summed E-state index contributed by atoms with van der Waals surface area (Å²) in [7, 11) is 0. The minimum absolute atomic E-state index is 0.0413. The summed E-state index contributed by atoms with van der Waals surface area (Å²) in [4.78, 5) is 28.7. The van der Waals surface area contributed by atoms with Gasteiger partial charge in [0.05, 0.1) is 22.3 Å². The van der Waals surface area contributed by atoms with Crippen molar-refractivity contribution in [2.75, 3.05) is 32.0 Å². The highest BCUT2D eigenvalue weighted by Gasteiger charge is 2.49. The molecule has 3 aliphatic heterocycles. The number of nitrogens with zero attached hydrogens (tertiary/aromatic N) is 6. The first-order valence-electron chi connectivity index (χ1n) is 15.6. The number of nitriles is 1. The van der Waals surface area contributed by atoms with E-state index in [4.69, 9.17) is 15.2 Å². The molecule has 6 heterocycles. The van der Waals surface area contributed by atoms with Crippen molar-refractivity contribution < 1.29 is 36.2 Å².